The Balaban J connectivity index is 2.38. The smallest absolute Gasteiger partial charge is 0.149 e. The van der Waals surface area contributed by atoms with Crippen LogP contribution in [0.2, 0.25) is 0 Å². The third kappa shape index (κ3) is 3.94. The van der Waals surface area contributed by atoms with Crippen molar-refractivity contribution in [3.8, 4) is 0 Å². The van der Waals surface area contributed by atoms with Gasteiger partial charge in [0.05, 0.1) is 6.54 Å². The van der Waals surface area contributed by atoms with Gasteiger partial charge >= 0.3 is 0 Å². The number of rotatable bonds is 6. The summed E-state index contributed by atoms with van der Waals surface area (Å²) < 4.78 is 0. The van der Waals surface area contributed by atoms with E-state index in [-0.39, 0.29) is 0 Å². The van der Waals surface area contributed by atoms with Crippen LogP contribution in [-0.2, 0) is 4.79 Å². The summed E-state index contributed by atoms with van der Waals surface area (Å²) in [4.78, 5) is 14.3. The summed E-state index contributed by atoms with van der Waals surface area (Å²) in [5, 5.41) is 0. The van der Waals surface area contributed by atoms with Crippen molar-refractivity contribution in [3.05, 3.63) is 0 Å². The van der Waals surface area contributed by atoms with E-state index >= 15 is 0 Å². The molecule has 0 unspecified atom stereocenters. The van der Waals surface area contributed by atoms with Crippen LogP contribution in [0.3, 0.4) is 0 Å². The predicted molar refractivity (Wildman–Crippen MR) is 64.0 cm³/mol. The third-order valence-electron chi connectivity index (χ3n) is 3.41. The highest BCUT2D eigenvalue weighted by Gasteiger charge is 2.24. The average Bonchev–Trinajstić information content (AvgIpc) is 2.69. The molecule has 2 nitrogen and oxygen atoms in total. The van der Waals surface area contributed by atoms with Crippen molar-refractivity contribution in [2.75, 3.05) is 13.1 Å². The highest BCUT2D eigenvalue weighted by molar-refractivity contribution is 5.83. The molecule has 1 rings (SSSR count). The molecule has 0 aromatic rings. The lowest BCUT2D eigenvalue weighted by Crippen LogP contribution is -2.38. The minimum absolute atomic E-state index is 0.378. The van der Waals surface area contributed by atoms with E-state index in [1.165, 1.54) is 12.8 Å². The summed E-state index contributed by atoms with van der Waals surface area (Å²) >= 11 is 0. The molecule has 0 bridgehead atoms. The fourth-order valence-corrected chi connectivity index (χ4v) is 2.38. The molecule has 0 N–H and O–H groups in total. The van der Waals surface area contributed by atoms with Crippen molar-refractivity contribution in [2.45, 2.75) is 58.9 Å². The monoisotopic (exact) mass is 211 g/mol. The number of ketones is 1. The van der Waals surface area contributed by atoms with Gasteiger partial charge in [0.1, 0.15) is 5.78 Å². The van der Waals surface area contributed by atoms with Gasteiger partial charge in [0.25, 0.3) is 0 Å². The second kappa shape index (κ2) is 6.26. The molecule has 88 valence electrons. The second-order valence-electron chi connectivity index (χ2n) is 5.01. The minimum atomic E-state index is 0.378. The van der Waals surface area contributed by atoms with Gasteiger partial charge in [-0.25, -0.2) is 0 Å². The first kappa shape index (κ1) is 12.7. The molecule has 0 aromatic heterocycles. The molecular formula is C13H25NO. The van der Waals surface area contributed by atoms with E-state index in [1.54, 1.807) is 0 Å². The number of hydrogen-bond donors (Lipinski definition) is 0. The highest BCUT2D eigenvalue weighted by atomic mass is 16.1. The van der Waals surface area contributed by atoms with Gasteiger partial charge in [0, 0.05) is 12.0 Å². The predicted octanol–water partition coefficient (Wildman–Crippen LogP) is 2.87. The highest BCUT2D eigenvalue weighted by Crippen LogP contribution is 2.25. The van der Waals surface area contributed by atoms with Gasteiger partial charge in [-0.2, -0.15) is 0 Å². The van der Waals surface area contributed by atoms with Gasteiger partial charge in [0.15, 0.2) is 0 Å². The molecule has 1 saturated carbocycles. The fraction of sp³-hybridized carbons (Fsp3) is 0.923. The topological polar surface area (TPSA) is 20.3 Å². The lowest BCUT2D eigenvalue weighted by atomic mass is 10.0. The van der Waals surface area contributed by atoms with E-state index < -0.39 is 0 Å². The molecule has 0 aliphatic heterocycles. The van der Waals surface area contributed by atoms with E-state index in [0.717, 1.165) is 25.8 Å². The quantitative estimate of drug-likeness (QED) is 0.673. The summed E-state index contributed by atoms with van der Waals surface area (Å²) in [5.74, 6) is 0.859. The standard InChI is InChI=1S/C13H25NO/c1-4-9-14(11(2)3)10-13(15)12-7-5-6-8-12/h11-12H,4-10H2,1-3H3. The molecule has 2 heteroatoms. The molecule has 0 spiro atoms. The number of carbonyl (C=O) groups excluding carboxylic acids is 1. The van der Waals surface area contributed by atoms with Crippen molar-refractivity contribution in [1.82, 2.24) is 4.90 Å². The summed E-state index contributed by atoms with van der Waals surface area (Å²) in [6.07, 6.45) is 5.92. The average molecular weight is 211 g/mol. The van der Waals surface area contributed by atoms with Crippen LogP contribution in [-0.4, -0.2) is 29.8 Å². The molecule has 0 saturated heterocycles. The molecule has 0 atom stereocenters. The lowest BCUT2D eigenvalue weighted by molar-refractivity contribution is -0.124. The third-order valence-corrected chi connectivity index (χ3v) is 3.41. The first-order valence-electron chi connectivity index (χ1n) is 6.42. The van der Waals surface area contributed by atoms with Crippen molar-refractivity contribution in [2.24, 2.45) is 5.92 Å². The van der Waals surface area contributed by atoms with Gasteiger partial charge in [-0.15, -0.1) is 0 Å². The van der Waals surface area contributed by atoms with Crippen molar-refractivity contribution in [3.63, 3.8) is 0 Å². The summed E-state index contributed by atoms with van der Waals surface area (Å²) in [6.45, 7) is 8.26. The number of Topliss-reactive ketones (excluding diaryl/α,β-unsaturated/α-hetero) is 1. The van der Waals surface area contributed by atoms with Gasteiger partial charge < -0.3 is 0 Å². The van der Waals surface area contributed by atoms with Crippen LogP contribution in [0.15, 0.2) is 0 Å². The second-order valence-corrected chi connectivity index (χ2v) is 5.01. The summed E-state index contributed by atoms with van der Waals surface area (Å²) in [7, 11) is 0. The van der Waals surface area contributed by atoms with E-state index in [2.05, 4.69) is 25.7 Å². The number of carbonyl (C=O) groups is 1. The maximum absolute atomic E-state index is 12.0. The molecule has 1 fully saturated rings. The molecule has 0 amide bonds. The fourth-order valence-electron chi connectivity index (χ4n) is 2.38. The van der Waals surface area contributed by atoms with Gasteiger partial charge in [0.2, 0.25) is 0 Å². The van der Waals surface area contributed by atoms with Crippen LogP contribution in [0.1, 0.15) is 52.9 Å². The Labute approximate surface area is 94.0 Å². The van der Waals surface area contributed by atoms with Gasteiger partial charge in [-0.1, -0.05) is 19.8 Å². The number of nitrogens with zero attached hydrogens (tertiary/aromatic N) is 1. The molecular weight excluding hydrogens is 186 g/mol. The molecule has 15 heavy (non-hydrogen) atoms. The van der Waals surface area contributed by atoms with Crippen molar-refractivity contribution in [1.29, 1.82) is 0 Å². The normalized spacial score (nSPS) is 17.9. The zero-order valence-corrected chi connectivity index (χ0v) is 10.5. The SMILES string of the molecule is CCCN(CC(=O)C1CCCC1)C(C)C. The largest absolute Gasteiger partial charge is 0.298 e. The lowest BCUT2D eigenvalue weighted by Gasteiger charge is -2.26. The van der Waals surface area contributed by atoms with Crippen LogP contribution in [0.25, 0.3) is 0 Å². The minimum Gasteiger partial charge on any atom is -0.298 e. The maximum atomic E-state index is 12.0. The Morgan fingerprint density at radius 3 is 2.40 bits per heavy atom. The zero-order valence-electron chi connectivity index (χ0n) is 10.5. The summed E-state index contributed by atoms with van der Waals surface area (Å²) in [5.41, 5.74) is 0. The Hall–Kier alpha value is -0.370. The summed E-state index contributed by atoms with van der Waals surface area (Å²) in [6, 6.07) is 0.496. The van der Waals surface area contributed by atoms with Crippen LogP contribution in [0.5, 0.6) is 0 Å². The molecule has 0 heterocycles. The van der Waals surface area contributed by atoms with E-state index in [1.807, 2.05) is 0 Å². The van der Waals surface area contributed by atoms with Crippen molar-refractivity contribution >= 4 is 5.78 Å². The molecule has 0 radical (unpaired) electrons. The first-order valence-corrected chi connectivity index (χ1v) is 6.42. The van der Waals surface area contributed by atoms with E-state index in [9.17, 15) is 4.79 Å². The number of hydrogen-bond acceptors (Lipinski definition) is 2. The zero-order chi connectivity index (χ0) is 11.3. The Morgan fingerprint density at radius 2 is 1.93 bits per heavy atom. The molecule has 1 aliphatic carbocycles. The van der Waals surface area contributed by atoms with Crippen LogP contribution in [0, 0.1) is 5.92 Å². The van der Waals surface area contributed by atoms with E-state index in [0.29, 0.717) is 24.3 Å². The van der Waals surface area contributed by atoms with Gasteiger partial charge in [-0.3, -0.25) is 9.69 Å². The van der Waals surface area contributed by atoms with Crippen LogP contribution < -0.4 is 0 Å². The first-order chi connectivity index (χ1) is 7.15. The van der Waals surface area contributed by atoms with Crippen LogP contribution in [0.4, 0.5) is 0 Å². The van der Waals surface area contributed by atoms with E-state index in [4.69, 9.17) is 0 Å². The Morgan fingerprint density at radius 1 is 1.33 bits per heavy atom. The van der Waals surface area contributed by atoms with Crippen LogP contribution >= 0.6 is 0 Å². The van der Waals surface area contributed by atoms with Gasteiger partial charge in [-0.05, 0) is 39.7 Å². The molecule has 1 aliphatic rings. The van der Waals surface area contributed by atoms with Crippen molar-refractivity contribution < 1.29 is 4.79 Å². The molecule has 0 aromatic carbocycles. The Kier molecular flexibility index (Phi) is 5.30. The Bertz CT molecular complexity index is 195. The maximum Gasteiger partial charge on any atom is 0.149 e.